The number of amides is 2. The van der Waals surface area contributed by atoms with Gasteiger partial charge in [-0.2, -0.15) is 26.3 Å². The maximum atomic E-state index is 12.6. The monoisotopic (exact) mass is 380 g/mol. The lowest BCUT2D eigenvalue weighted by Gasteiger charge is -2.43. The van der Waals surface area contributed by atoms with Crippen LogP contribution in [0.25, 0.3) is 0 Å². The van der Waals surface area contributed by atoms with E-state index in [4.69, 9.17) is 10.2 Å². The number of alkyl halides is 6. The summed E-state index contributed by atoms with van der Waals surface area (Å²) in [6.07, 6.45) is -13.6. The predicted octanol–water partition coefficient (Wildman–Crippen LogP) is 3.63. The van der Waals surface area contributed by atoms with Crippen LogP contribution in [0, 0.1) is 5.92 Å². The molecule has 0 bridgehead atoms. The summed E-state index contributed by atoms with van der Waals surface area (Å²) in [6.45, 7) is -2.04. The fraction of sp³-hybridized carbons (Fsp3) is 0.846. The molecule has 1 fully saturated rings. The van der Waals surface area contributed by atoms with Crippen molar-refractivity contribution < 1.29 is 46.1 Å². The molecule has 0 aromatic rings. The van der Waals surface area contributed by atoms with E-state index in [2.05, 4.69) is 0 Å². The molecule has 3 unspecified atom stereocenters. The highest BCUT2D eigenvalue weighted by Crippen LogP contribution is 2.34. The number of rotatable bonds is 4. The molecule has 12 heteroatoms. The van der Waals surface area contributed by atoms with E-state index in [1.54, 1.807) is 0 Å². The maximum Gasteiger partial charge on any atom is 0.407 e. The summed E-state index contributed by atoms with van der Waals surface area (Å²) in [5, 5.41) is 18.0. The van der Waals surface area contributed by atoms with Gasteiger partial charge in [-0.25, -0.2) is 9.59 Å². The highest BCUT2D eigenvalue weighted by atomic mass is 19.4. The Balaban J connectivity index is 3.01. The quantitative estimate of drug-likeness (QED) is 0.730. The molecule has 1 aliphatic carbocycles. The zero-order chi connectivity index (χ0) is 19.6. The van der Waals surface area contributed by atoms with Crippen LogP contribution in [-0.2, 0) is 0 Å². The van der Waals surface area contributed by atoms with Crippen molar-refractivity contribution in [3.63, 3.8) is 0 Å². The van der Waals surface area contributed by atoms with Gasteiger partial charge in [0.05, 0.1) is 0 Å². The Hall–Kier alpha value is -1.88. The minimum Gasteiger partial charge on any atom is -0.465 e. The zero-order valence-electron chi connectivity index (χ0n) is 13.1. The summed E-state index contributed by atoms with van der Waals surface area (Å²) in [6, 6.07) is -2.44. The molecule has 0 saturated heterocycles. The fourth-order valence-corrected chi connectivity index (χ4v) is 3.06. The summed E-state index contributed by atoms with van der Waals surface area (Å²) in [5.41, 5.74) is 0. The zero-order valence-corrected chi connectivity index (χ0v) is 13.1. The normalized spacial score (nSPS) is 24.7. The Morgan fingerprint density at radius 3 is 1.76 bits per heavy atom. The van der Waals surface area contributed by atoms with Crippen LogP contribution < -0.4 is 0 Å². The molecule has 0 heterocycles. The van der Waals surface area contributed by atoms with Crippen molar-refractivity contribution in [2.75, 3.05) is 13.1 Å². The van der Waals surface area contributed by atoms with Gasteiger partial charge in [-0.3, -0.25) is 9.80 Å². The average molecular weight is 380 g/mol. The molecule has 6 nitrogen and oxygen atoms in total. The maximum absolute atomic E-state index is 12.6. The van der Waals surface area contributed by atoms with Gasteiger partial charge in [-0.15, -0.1) is 0 Å². The van der Waals surface area contributed by atoms with Crippen molar-refractivity contribution in [3.8, 4) is 0 Å². The molecule has 1 rings (SSSR count). The molecule has 146 valence electrons. The molecule has 0 aromatic heterocycles. The Kier molecular flexibility index (Phi) is 6.40. The van der Waals surface area contributed by atoms with Crippen LogP contribution in [0.5, 0.6) is 0 Å². The van der Waals surface area contributed by atoms with Gasteiger partial charge in [-0.1, -0.05) is 6.92 Å². The number of carboxylic acid groups (broad SMARTS) is 2. The van der Waals surface area contributed by atoms with Gasteiger partial charge in [-0.05, 0) is 25.2 Å². The highest BCUT2D eigenvalue weighted by Gasteiger charge is 2.44. The number of carbonyl (C=O) groups is 2. The van der Waals surface area contributed by atoms with E-state index in [0.29, 0.717) is 0 Å². The van der Waals surface area contributed by atoms with Crippen molar-refractivity contribution in [1.29, 1.82) is 0 Å². The molecule has 2 N–H and O–H groups in total. The molecule has 2 amide bonds. The molecular formula is C13H18F6N2O4. The summed E-state index contributed by atoms with van der Waals surface area (Å²) < 4.78 is 75.4. The molecule has 0 aromatic carbocycles. The van der Waals surface area contributed by atoms with Crippen molar-refractivity contribution in [2.24, 2.45) is 5.92 Å². The van der Waals surface area contributed by atoms with Gasteiger partial charge >= 0.3 is 24.5 Å². The van der Waals surface area contributed by atoms with Crippen LogP contribution in [0.15, 0.2) is 0 Å². The topological polar surface area (TPSA) is 81.1 Å². The molecule has 0 radical (unpaired) electrons. The molecule has 1 aliphatic rings. The molecular weight excluding hydrogens is 362 g/mol. The minimum absolute atomic E-state index is 0.0134. The predicted molar refractivity (Wildman–Crippen MR) is 72.2 cm³/mol. The third kappa shape index (κ3) is 6.50. The number of hydrogen-bond donors (Lipinski definition) is 2. The summed E-state index contributed by atoms with van der Waals surface area (Å²) in [4.78, 5) is 22.5. The van der Waals surface area contributed by atoms with Crippen LogP contribution >= 0.6 is 0 Å². The van der Waals surface area contributed by atoms with Crippen LogP contribution in [-0.4, -0.2) is 69.7 Å². The summed E-state index contributed by atoms with van der Waals surface area (Å²) >= 11 is 0. The summed E-state index contributed by atoms with van der Waals surface area (Å²) in [5.74, 6) is -0.545. The second-order valence-corrected chi connectivity index (χ2v) is 6.06. The van der Waals surface area contributed by atoms with Gasteiger partial charge < -0.3 is 10.2 Å². The lowest BCUT2D eigenvalue weighted by atomic mass is 9.81. The first kappa shape index (κ1) is 21.2. The first-order chi connectivity index (χ1) is 11.2. The third-order valence-electron chi connectivity index (χ3n) is 4.16. The highest BCUT2D eigenvalue weighted by molar-refractivity contribution is 5.66. The third-order valence-corrected chi connectivity index (χ3v) is 4.16. The molecule has 0 aliphatic heterocycles. The van der Waals surface area contributed by atoms with E-state index in [1.165, 1.54) is 6.92 Å². The van der Waals surface area contributed by atoms with E-state index in [9.17, 15) is 35.9 Å². The van der Waals surface area contributed by atoms with E-state index in [1.807, 2.05) is 0 Å². The van der Waals surface area contributed by atoms with Crippen molar-refractivity contribution >= 4 is 12.2 Å². The van der Waals surface area contributed by atoms with Crippen molar-refractivity contribution in [2.45, 2.75) is 50.6 Å². The van der Waals surface area contributed by atoms with Gasteiger partial charge in [0.1, 0.15) is 13.1 Å². The van der Waals surface area contributed by atoms with E-state index >= 15 is 0 Å². The molecule has 25 heavy (non-hydrogen) atoms. The minimum atomic E-state index is -4.82. The molecule has 1 saturated carbocycles. The smallest absolute Gasteiger partial charge is 0.407 e. The Labute approximate surface area is 139 Å². The Morgan fingerprint density at radius 1 is 0.920 bits per heavy atom. The fourth-order valence-electron chi connectivity index (χ4n) is 3.06. The molecule has 3 atom stereocenters. The average Bonchev–Trinajstić information content (AvgIpc) is 2.41. The van der Waals surface area contributed by atoms with Crippen molar-refractivity contribution in [1.82, 2.24) is 9.80 Å². The second-order valence-electron chi connectivity index (χ2n) is 6.06. The van der Waals surface area contributed by atoms with Crippen LogP contribution in [0.2, 0.25) is 0 Å². The number of nitrogens with zero attached hydrogens (tertiary/aromatic N) is 2. The SMILES string of the molecule is CC1CCC(N(CC(F)(F)F)C(=O)O)CC1N(CC(F)(F)F)C(=O)O. The van der Waals surface area contributed by atoms with Gasteiger partial charge in [0.15, 0.2) is 0 Å². The Bertz CT molecular complexity index is 496. The van der Waals surface area contributed by atoms with E-state index in [0.717, 1.165) is 0 Å². The lowest BCUT2D eigenvalue weighted by molar-refractivity contribution is -0.155. The first-order valence-corrected chi connectivity index (χ1v) is 7.34. The standard InChI is InChI=1S/C13H18F6N2O4/c1-7-2-3-8(20(10(22)23)5-12(14,15)16)4-9(7)21(11(24)25)6-13(17,18)19/h7-9H,2-6H2,1H3,(H,22,23)(H,24,25). The molecule has 0 spiro atoms. The van der Waals surface area contributed by atoms with Crippen LogP contribution in [0.4, 0.5) is 35.9 Å². The Morgan fingerprint density at radius 2 is 1.36 bits per heavy atom. The van der Waals surface area contributed by atoms with E-state index in [-0.39, 0.29) is 22.6 Å². The summed E-state index contributed by atoms with van der Waals surface area (Å²) in [7, 11) is 0. The van der Waals surface area contributed by atoms with Gasteiger partial charge in [0, 0.05) is 12.1 Å². The largest absolute Gasteiger partial charge is 0.465 e. The lowest BCUT2D eigenvalue weighted by Crippen LogP contribution is -2.55. The van der Waals surface area contributed by atoms with Gasteiger partial charge in [0.2, 0.25) is 0 Å². The van der Waals surface area contributed by atoms with Crippen molar-refractivity contribution in [3.05, 3.63) is 0 Å². The second kappa shape index (κ2) is 7.56. The number of halogens is 6. The van der Waals surface area contributed by atoms with Gasteiger partial charge in [0.25, 0.3) is 0 Å². The van der Waals surface area contributed by atoms with Crippen LogP contribution in [0.1, 0.15) is 26.2 Å². The first-order valence-electron chi connectivity index (χ1n) is 7.34. The van der Waals surface area contributed by atoms with Crippen LogP contribution in [0.3, 0.4) is 0 Å². The number of hydrogen-bond acceptors (Lipinski definition) is 2. The van der Waals surface area contributed by atoms with E-state index < -0.39 is 62.1 Å².